The molecule has 0 aliphatic heterocycles. The molecule has 0 saturated carbocycles. The lowest BCUT2D eigenvalue weighted by atomic mass is 10.1. The second-order valence-corrected chi connectivity index (χ2v) is 6.13. The molecule has 6 heteroatoms. The van der Waals surface area contributed by atoms with Crippen molar-refractivity contribution in [3.8, 4) is 0 Å². The van der Waals surface area contributed by atoms with Gasteiger partial charge in [0.05, 0.1) is 14.7 Å². The Hall–Kier alpha value is -0.550. The van der Waals surface area contributed by atoms with Crippen molar-refractivity contribution < 1.29 is 0 Å². The monoisotopic (exact) mass is 303 g/mol. The van der Waals surface area contributed by atoms with Crippen LogP contribution < -0.4 is 5.32 Å². The van der Waals surface area contributed by atoms with E-state index in [4.69, 9.17) is 23.2 Å². The van der Waals surface area contributed by atoms with Gasteiger partial charge in [-0.15, -0.1) is 11.3 Å². The summed E-state index contributed by atoms with van der Waals surface area (Å²) >= 11 is 13.7. The second kappa shape index (κ2) is 6.06. The summed E-state index contributed by atoms with van der Waals surface area (Å²) in [5.74, 6) is 0.968. The van der Waals surface area contributed by atoms with E-state index >= 15 is 0 Å². The SMILES string of the molecule is CCNC(c1cc(Cl)sc1Cl)c1nccn1CC. The van der Waals surface area contributed by atoms with Crippen LogP contribution in [0.5, 0.6) is 0 Å². The molecule has 1 N–H and O–H groups in total. The van der Waals surface area contributed by atoms with Gasteiger partial charge < -0.3 is 9.88 Å². The summed E-state index contributed by atoms with van der Waals surface area (Å²) in [6.45, 7) is 5.88. The van der Waals surface area contributed by atoms with E-state index in [2.05, 4.69) is 28.7 Å². The number of rotatable bonds is 5. The van der Waals surface area contributed by atoms with Crippen LogP contribution >= 0.6 is 34.5 Å². The maximum atomic E-state index is 6.25. The fraction of sp³-hybridized carbons (Fsp3) is 0.417. The number of aryl methyl sites for hydroxylation is 1. The van der Waals surface area contributed by atoms with Crippen LogP contribution in [0.15, 0.2) is 18.5 Å². The third kappa shape index (κ3) is 2.72. The van der Waals surface area contributed by atoms with Crippen LogP contribution in [-0.2, 0) is 6.54 Å². The van der Waals surface area contributed by atoms with Crippen molar-refractivity contribution in [3.63, 3.8) is 0 Å². The molecule has 98 valence electrons. The van der Waals surface area contributed by atoms with Crippen LogP contribution in [0.25, 0.3) is 0 Å². The Morgan fingerprint density at radius 1 is 1.44 bits per heavy atom. The van der Waals surface area contributed by atoms with Gasteiger partial charge in [0.15, 0.2) is 0 Å². The maximum Gasteiger partial charge on any atom is 0.130 e. The molecule has 2 rings (SSSR count). The number of halogens is 2. The molecule has 2 heterocycles. The van der Waals surface area contributed by atoms with Gasteiger partial charge in [0.25, 0.3) is 0 Å². The summed E-state index contributed by atoms with van der Waals surface area (Å²) in [7, 11) is 0. The molecule has 0 aliphatic rings. The van der Waals surface area contributed by atoms with E-state index in [0.717, 1.165) is 28.8 Å². The fourth-order valence-electron chi connectivity index (χ4n) is 1.94. The summed E-state index contributed by atoms with van der Waals surface area (Å²) in [4.78, 5) is 4.44. The van der Waals surface area contributed by atoms with Crippen LogP contribution in [0.1, 0.15) is 31.3 Å². The number of nitrogens with one attached hydrogen (secondary N) is 1. The number of imidazole rings is 1. The summed E-state index contributed by atoms with van der Waals surface area (Å²) in [6.07, 6.45) is 3.78. The molecule has 0 bridgehead atoms. The zero-order valence-electron chi connectivity index (χ0n) is 10.3. The van der Waals surface area contributed by atoms with Crippen molar-refractivity contribution in [1.82, 2.24) is 14.9 Å². The Morgan fingerprint density at radius 3 is 2.78 bits per heavy atom. The lowest BCUT2D eigenvalue weighted by Gasteiger charge is -2.18. The standard InChI is InChI=1S/C12H15Cl2N3S/c1-3-15-10(8-7-9(13)18-11(8)14)12-16-5-6-17(12)4-2/h5-7,10,15H,3-4H2,1-2H3. The van der Waals surface area contributed by atoms with E-state index in [9.17, 15) is 0 Å². The van der Waals surface area contributed by atoms with Crippen LogP contribution in [0.4, 0.5) is 0 Å². The van der Waals surface area contributed by atoms with E-state index in [1.54, 1.807) is 0 Å². The zero-order valence-corrected chi connectivity index (χ0v) is 12.6. The zero-order chi connectivity index (χ0) is 13.1. The summed E-state index contributed by atoms with van der Waals surface area (Å²) in [5, 5.41) is 3.41. The van der Waals surface area contributed by atoms with Crippen LogP contribution in [-0.4, -0.2) is 16.1 Å². The van der Waals surface area contributed by atoms with Gasteiger partial charge in [0.1, 0.15) is 5.82 Å². The minimum absolute atomic E-state index is 0.0128. The smallest absolute Gasteiger partial charge is 0.130 e. The van der Waals surface area contributed by atoms with E-state index in [1.807, 2.05) is 18.5 Å². The molecule has 0 amide bonds. The topological polar surface area (TPSA) is 29.9 Å². The van der Waals surface area contributed by atoms with Crippen molar-refractivity contribution in [2.45, 2.75) is 26.4 Å². The highest BCUT2D eigenvalue weighted by atomic mass is 35.5. The first-order valence-electron chi connectivity index (χ1n) is 5.86. The molecule has 0 fully saturated rings. The Bertz CT molecular complexity index is 521. The molecule has 0 aromatic carbocycles. The molecule has 0 saturated heterocycles. The molecule has 2 aromatic rings. The van der Waals surface area contributed by atoms with Crippen molar-refractivity contribution in [2.24, 2.45) is 0 Å². The minimum Gasteiger partial charge on any atom is -0.334 e. The third-order valence-electron chi connectivity index (χ3n) is 2.75. The van der Waals surface area contributed by atoms with Gasteiger partial charge in [-0.2, -0.15) is 0 Å². The van der Waals surface area contributed by atoms with Gasteiger partial charge in [0.2, 0.25) is 0 Å². The lowest BCUT2D eigenvalue weighted by molar-refractivity contribution is 0.560. The van der Waals surface area contributed by atoms with Gasteiger partial charge in [-0.25, -0.2) is 4.98 Å². The number of nitrogens with zero attached hydrogens (tertiary/aromatic N) is 2. The molecule has 1 atom stereocenters. The first-order valence-corrected chi connectivity index (χ1v) is 7.43. The largest absolute Gasteiger partial charge is 0.334 e. The van der Waals surface area contributed by atoms with Gasteiger partial charge in [-0.1, -0.05) is 30.1 Å². The molecule has 0 radical (unpaired) electrons. The predicted molar refractivity (Wildman–Crippen MR) is 77.8 cm³/mol. The molecule has 0 aliphatic carbocycles. The van der Waals surface area contributed by atoms with Gasteiger partial charge in [0, 0.05) is 24.5 Å². The van der Waals surface area contributed by atoms with Crippen LogP contribution in [0.3, 0.4) is 0 Å². The highest BCUT2D eigenvalue weighted by Crippen LogP contribution is 2.37. The third-order valence-corrected chi connectivity index (χ3v) is 4.27. The molecule has 18 heavy (non-hydrogen) atoms. The number of aromatic nitrogens is 2. The van der Waals surface area contributed by atoms with Crippen LogP contribution in [0, 0.1) is 0 Å². The normalized spacial score (nSPS) is 12.9. The fourth-order valence-corrected chi connectivity index (χ4v) is 3.47. The molecule has 1 unspecified atom stereocenters. The quantitative estimate of drug-likeness (QED) is 0.906. The number of hydrogen-bond donors (Lipinski definition) is 1. The van der Waals surface area contributed by atoms with E-state index in [-0.39, 0.29) is 6.04 Å². The van der Waals surface area contributed by atoms with Gasteiger partial charge >= 0.3 is 0 Å². The molecule has 0 spiro atoms. The summed E-state index contributed by atoms with van der Waals surface area (Å²) < 4.78 is 3.53. The van der Waals surface area contributed by atoms with E-state index in [1.165, 1.54) is 11.3 Å². The highest BCUT2D eigenvalue weighted by Gasteiger charge is 2.22. The van der Waals surface area contributed by atoms with Gasteiger partial charge in [-0.3, -0.25) is 0 Å². The van der Waals surface area contributed by atoms with Crippen molar-refractivity contribution in [1.29, 1.82) is 0 Å². The number of hydrogen-bond acceptors (Lipinski definition) is 3. The Labute approximate surface area is 121 Å². The maximum absolute atomic E-state index is 6.25. The Kier molecular flexibility index (Phi) is 4.67. The average molecular weight is 304 g/mol. The molecule has 2 aromatic heterocycles. The average Bonchev–Trinajstić information content (AvgIpc) is 2.92. The summed E-state index contributed by atoms with van der Waals surface area (Å²) in [5.41, 5.74) is 0.995. The predicted octanol–water partition coefficient (Wildman–Crippen LogP) is 3.97. The summed E-state index contributed by atoms with van der Waals surface area (Å²) in [6, 6.07) is 1.90. The first-order chi connectivity index (χ1) is 8.67. The van der Waals surface area contributed by atoms with E-state index < -0.39 is 0 Å². The Balaban J connectivity index is 2.42. The van der Waals surface area contributed by atoms with Gasteiger partial charge in [-0.05, 0) is 19.5 Å². The molecular weight excluding hydrogens is 289 g/mol. The van der Waals surface area contributed by atoms with Crippen molar-refractivity contribution in [3.05, 3.63) is 38.5 Å². The Morgan fingerprint density at radius 2 is 2.22 bits per heavy atom. The van der Waals surface area contributed by atoms with E-state index in [0.29, 0.717) is 4.34 Å². The van der Waals surface area contributed by atoms with Crippen molar-refractivity contribution in [2.75, 3.05) is 6.54 Å². The van der Waals surface area contributed by atoms with Crippen molar-refractivity contribution >= 4 is 34.5 Å². The first kappa shape index (κ1) is 13.9. The number of thiophene rings is 1. The highest BCUT2D eigenvalue weighted by molar-refractivity contribution is 7.20. The second-order valence-electron chi connectivity index (χ2n) is 3.84. The molecular formula is C12H15Cl2N3S. The molecule has 3 nitrogen and oxygen atoms in total. The lowest BCUT2D eigenvalue weighted by Crippen LogP contribution is -2.25. The minimum atomic E-state index is -0.0128. The van der Waals surface area contributed by atoms with Crippen LogP contribution in [0.2, 0.25) is 8.67 Å².